The number of allylic oxidation sites excluding steroid dienone is 7. The minimum atomic E-state index is -0.850. The van der Waals surface area contributed by atoms with E-state index in [0.717, 1.165) is 57.8 Å². The molecule has 1 amide bonds. The molecule has 434 valence electrons. The fourth-order valence-corrected chi connectivity index (χ4v) is 10.0. The van der Waals surface area contributed by atoms with E-state index < -0.39 is 12.1 Å². The van der Waals surface area contributed by atoms with Gasteiger partial charge in [-0.2, -0.15) is 0 Å². The summed E-state index contributed by atoms with van der Waals surface area (Å²) in [6.45, 7) is 4.89. The zero-order chi connectivity index (χ0) is 53.6. The number of esters is 1. The lowest BCUT2D eigenvalue weighted by atomic mass is 10.0. The summed E-state index contributed by atoms with van der Waals surface area (Å²) in [7, 11) is 0. The van der Waals surface area contributed by atoms with Gasteiger partial charge in [0.25, 0.3) is 0 Å². The highest BCUT2D eigenvalue weighted by atomic mass is 16.5. The van der Waals surface area contributed by atoms with Crippen molar-refractivity contribution in [3.63, 3.8) is 0 Å². The standard InChI is InChI=1S/C68H127NO5/c1-3-5-7-9-11-13-15-17-19-21-29-32-36-40-44-48-52-56-60-66(71)65(64-70)69-67(72)61-57-53-49-45-41-37-33-30-26-24-22-23-25-27-31-35-39-43-47-51-55-59-63-74-68(73)62-58-54-50-46-42-38-34-28-20-18-16-14-12-10-8-6-4-2/h12,14,18,20,24,26,56,60,65-66,70-71H,3-11,13,15-17,19,21-23,25,27-55,57-59,61-64H2,1-2H3,(H,69,72)/b14-12-,20-18-,26-24-,60-56+. The minimum Gasteiger partial charge on any atom is -0.466 e. The van der Waals surface area contributed by atoms with Crippen molar-refractivity contribution in [1.29, 1.82) is 0 Å². The highest BCUT2D eigenvalue weighted by Crippen LogP contribution is 2.17. The molecule has 6 heteroatoms. The first-order chi connectivity index (χ1) is 36.5. The second-order valence-corrected chi connectivity index (χ2v) is 22.4. The van der Waals surface area contributed by atoms with Gasteiger partial charge in [-0.25, -0.2) is 0 Å². The summed E-state index contributed by atoms with van der Waals surface area (Å²) >= 11 is 0. The molecule has 0 rings (SSSR count). The lowest BCUT2D eigenvalue weighted by Crippen LogP contribution is -2.45. The van der Waals surface area contributed by atoms with Crippen LogP contribution in [0.3, 0.4) is 0 Å². The van der Waals surface area contributed by atoms with E-state index in [0.29, 0.717) is 19.4 Å². The third kappa shape index (κ3) is 59.1. The molecule has 0 aliphatic heterocycles. The second kappa shape index (κ2) is 63.4. The molecule has 0 saturated heterocycles. The van der Waals surface area contributed by atoms with Gasteiger partial charge in [-0.05, 0) is 89.9 Å². The van der Waals surface area contributed by atoms with Gasteiger partial charge < -0.3 is 20.3 Å². The van der Waals surface area contributed by atoms with Gasteiger partial charge in [0.15, 0.2) is 0 Å². The first kappa shape index (κ1) is 71.8. The summed E-state index contributed by atoms with van der Waals surface area (Å²) in [5.74, 6) is -0.0717. The van der Waals surface area contributed by atoms with Crippen LogP contribution in [0, 0.1) is 0 Å². The molecule has 0 fully saturated rings. The van der Waals surface area contributed by atoms with Gasteiger partial charge in [0.05, 0.1) is 25.4 Å². The molecule has 6 nitrogen and oxygen atoms in total. The van der Waals surface area contributed by atoms with E-state index in [-0.39, 0.29) is 18.5 Å². The Kier molecular flexibility index (Phi) is 61.5. The second-order valence-electron chi connectivity index (χ2n) is 22.4. The first-order valence-corrected chi connectivity index (χ1v) is 32.9. The lowest BCUT2D eigenvalue weighted by Gasteiger charge is -2.20. The maximum absolute atomic E-state index is 12.5. The minimum absolute atomic E-state index is 0.00161. The van der Waals surface area contributed by atoms with E-state index in [1.54, 1.807) is 6.08 Å². The fourth-order valence-electron chi connectivity index (χ4n) is 10.0. The Morgan fingerprint density at radius 1 is 0.378 bits per heavy atom. The van der Waals surface area contributed by atoms with Crippen LogP contribution in [-0.2, 0) is 14.3 Å². The summed E-state index contributed by atoms with van der Waals surface area (Å²) in [5.41, 5.74) is 0. The van der Waals surface area contributed by atoms with Crippen molar-refractivity contribution in [3.05, 3.63) is 48.6 Å². The van der Waals surface area contributed by atoms with Crippen molar-refractivity contribution < 1.29 is 24.5 Å². The van der Waals surface area contributed by atoms with Crippen LogP contribution in [0.5, 0.6) is 0 Å². The third-order valence-corrected chi connectivity index (χ3v) is 15.1. The third-order valence-electron chi connectivity index (χ3n) is 15.1. The van der Waals surface area contributed by atoms with Gasteiger partial charge in [0.1, 0.15) is 0 Å². The van der Waals surface area contributed by atoms with Gasteiger partial charge in [0.2, 0.25) is 5.91 Å². The Morgan fingerprint density at radius 3 is 1.07 bits per heavy atom. The number of aliphatic hydroxyl groups excluding tert-OH is 2. The van der Waals surface area contributed by atoms with Crippen LogP contribution in [-0.4, -0.2) is 47.4 Å². The van der Waals surface area contributed by atoms with E-state index in [4.69, 9.17) is 4.74 Å². The quantitative estimate of drug-likeness (QED) is 0.0320. The summed E-state index contributed by atoms with van der Waals surface area (Å²) in [5, 5.41) is 23.2. The molecule has 2 atom stereocenters. The average Bonchev–Trinajstić information content (AvgIpc) is 3.40. The van der Waals surface area contributed by atoms with E-state index in [2.05, 4.69) is 55.6 Å². The number of carbonyl (C=O) groups excluding carboxylic acids is 2. The molecule has 74 heavy (non-hydrogen) atoms. The van der Waals surface area contributed by atoms with Crippen LogP contribution < -0.4 is 5.32 Å². The van der Waals surface area contributed by atoms with Crippen molar-refractivity contribution in [2.45, 2.75) is 360 Å². The number of amides is 1. The first-order valence-electron chi connectivity index (χ1n) is 32.9. The van der Waals surface area contributed by atoms with E-state index in [1.807, 2.05) is 6.08 Å². The van der Waals surface area contributed by atoms with Crippen LogP contribution >= 0.6 is 0 Å². The van der Waals surface area contributed by atoms with Gasteiger partial charge in [-0.1, -0.05) is 294 Å². The number of hydrogen-bond acceptors (Lipinski definition) is 5. The highest BCUT2D eigenvalue weighted by Gasteiger charge is 2.18. The lowest BCUT2D eigenvalue weighted by molar-refractivity contribution is -0.143. The molecule has 0 spiro atoms. The predicted octanol–water partition coefficient (Wildman–Crippen LogP) is 20.9. The van der Waals surface area contributed by atoms with Crippen molar-refractivity contribution in [1.82, 2.24) is 5.32 Å². The zero-order valence-corrected chi connectivity index (χ0v) is 49.6. The number of unbranched alkanes of at least 4 members (excludes halogenated alkanes) is 44. The Hall–Kier alpha value is -2.18. The summed E-state index contributed by atoms with van der Waals surface area (Å²) in [4.78, 5) is 24.6. The van der Waals surface area contributed by atoms with Crippen molar-refractivity contribution in [2.75, 3.05) is 13.2 Å². The van der Waals surface area contributed by atoms with E-state index in [1.165, 1.54) is 263 Å². The molecule has 0 bridgehead atoms. The molecule has 0 radical (unpaired) electrons. The van der Waals surface area contributed by atoms with Crippen LogP contribution in [0.1, 0.15) is 348 Å². The summed E-state index contributed by atoms with van der Waals surface area (Å²) in [6, 6.07) is -0.634. The Labute approximate surface area is 461 Å². The van der Waals surface area contributed by atoms with E-state index >= 15 is 0 Å². The molecule has 0 aromatic carbocycles. The number of ether oxygens (including phenoxy) is 1. The molecule has 0 aromatic rings. The number of carbonyl (C=O) groups is 2. The molecule has 3 N–H and O–H groups in total. The molecule has 0 aromatic heterocycles. The number of aliphatic hydroxyl groups is 2. The number of nitrogens with one attached hydrogen (secondary N) is 1. The van der Waals surface area contributed by atoms with Crippen LogP contribution in [0.15, 0.2) is 48.6 Å². The van der Waals surface area contributed by atoms with E-state index in [9.17, 15) is 19.8 Å². The Bertz CT molecular complexity index is 1240. The zero-order valence-electron chi connectivity index (χ0n) is 49.6. The molecule has 0 heterocycles. The fraction of sp³-hybridized carbons (Fsp3) is 0.853. The van der Waals surface area contributed by atoms with Gasteiger partial charge in [-0.3, -0.25) is 9.59 Å². The molecule has 0 saturated carbocycles. The maximum atomic E-state index is 12.5. The topological polar surface area (TPSA) is 95.9 Å². The van der Waals surface area contributed by atoms with Crippen LogP contribution in [0.25, 0.3) is 0 Å². The summed E-state index contributed by atoms with van der Waals surface area (Å²) in [6.07, 6.45) is 81.6. The Balaban J connectivity index is 3.44. The summed E-state index contributed by atoms with van der Waals surface area (Å²) < 4.78 is 5.49. The SMILES string of the molecule is CCCCC/C=C\C/C=C\CCCCCCCCCC(=O)OCCCCCCCCCCCCC/C=C\CCCCCCCCCC(=O)NC(CO)C(O)/C=C/CCCCCCCCCCCCCCCCCC. The molecular formula is C68H127NO5. The Morgan fingerprint density at radius 2 is 0.676 bits per heavy atom. The van der Waals surface area contributed by atoms with Crippen LogP contribution in [0.2, 0.25) is 0 Å². The maximum Gasteiger partial charge on any atom is 0.305 e. The normalized spacial score (nSPS) is 12.9. The number of hydrogen-bond donors (Lipinski definition) is 3. The molecule has 0 aliphatic rings. The average molecular weight is 1040 g/mol. The van der Waals surface area contributed by atoms with Gasteiger partial charge in [0, 0.05) is 12.8 Å². The monoisotopic (exact) mass is 1040 g/mol. The van der Waals surface area contributed by atoms with Crippen LogP contribution in [0.4, 0.5) is 0 Å². The smallest absolute Gasteiger partial charge is 0.305 e. The van der Waals surface area contributed by atoms with Crippen molar-refractivity contribution >= 4 is 11.9 Å². The van der Waals surface area contributed by atoms with Gasteiger partial charge in [-0.15, -0.1) is 0 Å². The largest absolute Gasteiger partial charge is 0.466 e. The highest BCUT2D eigenvalue weighted by molar-refractivity contribution is 5.76. The van der Waals surface area contributed by atoms with Gasteiger partial charge >= 0.3 is 5.97 Å². The molecule has 2 unspecified atom stereocenters. The molecule has 0 aliphatic carbocycles. The number of rotatable bonds is 61. The van der Waals surface area contributed by atoms with Crippen molar-refractivity contribution in [2.24, 2.45) is 0 Å². The van der Waals surface area contributed by atoms with Crippen molar-refractivity contribution in [3.8, 4) is 0 Å². The molecular weight excluding hydrogens is 911 g/mol. The predicted molar refractivity (Wildman–Crippen MR) is 324 cm³/mol.